The average molecular weight is 668 g/mol. The predicted molar refractivity (Wildman–Crippen MR) is 125 cm³/mol. The summed E-state index contributed by atoms with van der Waals surface area (Å²) in [4.78, 5) is 25.3. The first-order valence-electron chi connectivity index (χ1n) is 11.5. The van der Waals surface area contributed by atoms with E-state index in [4.69, 9.17) is 0 Å². The lowest BCUT2D eigenvalue weighted by Gasteiger charge is -2.31. The molecule has 0 saturated heterocycles. The highest BCUT2D eigenvalue weighted by Crippen LogP contribution is 2.55. The molecule has 45 heavy (non-hydrogen) atoms. The summed E-state index contributed by atoms with van der Waals surface area (Å²) in [5.74, 6) is -9.47. The van der Waals surface area contributed by atoms with E-state index in [1.807, 2.05) is 5.32 Å². The molecule has 0 aliphatic rings. The molecule has 2 amide bonds. The van der Waals surface area contributed by atoms with Crippen LogP contribution in [0.4, 0.5) is 68.5 Å². The van der Waals surface area contributed by atoms with Crippen molar-refractivity contribution in [3.8, 4) is 17.2 Å². The molecule has 0 atom stereocenters. The number of carbonyl (C=O) groups is 2. The van der Waals surface area contributed by atoms with Crippen LogP contribution in [0.5, 0.6) is 17.2 Å². The number of anilines is 2. The molecule has 0 spiro atoms. The van der Waals surface area contributed by atoms with Crippen LogP contribution >= 0.6 is 0 Å². The van der Waals surface area contributed by atoms with Gasteiger partial charge in [-0.05, 0) is 36.4 Å². The van der Waals surface area contributed by atoms with Gasteiger partial charge in [-0.15, -0.1) is 13.2 Å². The van der Waals surface area contributed by atoms with Crippen LogP contribution in [0.15, 0.2) is 54.6 Å². The van der Waals surface area contributed by atoms with Gasteiger partial charge in [0.25, 0.3) is 11.8 Å². The lowest BCUT2D eigenvalue weighted by Crippen LogP contribution is -2.50. The molecule has 3 rings (SSSR count). The van der Waals surface area contributed by atoms with E-state index in [2.05, 4.69) is 9.47 Å². The highest BCUT2D eigenvalue weighted by atomic mass is 19.4. The Labute approximate surface area is 241 Å². The molecular formula is C25H13F13N2O5. The van der Waals surface area contributed by atoms with Gasteiger partial charge in [-0.25, -0.2) is 8.78 Å². The first-order valence-corrected chi connectivity index (χ1v) is 11.5. The van der Waals surface area contributed by atoms with Crippen LogP contribution < -0.4 is 20.1 Å². The maximum Gasteiger partial charge on any atom is 0.573 e. The van der Waals surface area contributed by atoms with Gasteiger partial charge in [0.1, 0.15) is 17.2 Å². The number of hydrogen-bond acceptors (Lipinski definition) is 5. The number of hydrogen-bond donors (Lipinski definition) is 3. The number of rotatable bonds is 8. The number of phenolic OH excluding ortho intramolecular Hbond substituents is 1. The molecule has 0 radical (unpaired) electrons. The van der Waals surface area contributed by atoms with E-state index in [1.165, 1.54) is 5.32 Å². The molecule has 3 aromatic carbocycles. The molecule has 0 aliphatic carbocycles. The Morgan fingerprint density at radius 1 is 0.733 bits per heavy atom. The number of nitrogens with one attached hydrogen (secondary N) is 2. The molecule has 244 valence electrons. The second-order valence-corrected chi connectivity index (χ2v) is 8.52. The summed E-state index contributed by atoms with van der Waals surface area (Å²) in [6, 6.07) is 5.07. The Balaban J connectivity index is 2.00. The van der Waals surface area contributed by atoms with Crippen molar-refractivity contribution in [2.75, 3.05) is 10.6 Å². The summed E-state index contributed by atoms with van der Waals surface area (Å²) in [5.41, 5.74) is -12.9. The van der Waals surface area contributed by atoms with Crippen molar-refractivity contribution in [3.05, 3.63) is 77.1 Å². The third kappa shape index (κ3) is 7.43. The van der Waals surface area contributed by atoms with Crippen molar-refractivity contribution in [1.29, 1.82) is 0 Å². The van der Waals surface area contributed by atoms with Crippen LogP contribution in [0.2, 0.25) is 0 Å². The fourth-order valence-corrected chi connectivity index (χ4v) is 3.64. The maximum absolute atomic E-state index is 15.2. The Hall–Kier alpha value is -4.91. The number of benzene rings is 3. The minimum Gasteiger partial charge on any atom is -0.506 e. The van der Waals surface area contributed by atoms with Crippen LogP contribution in [0, 0.1) is 5.82 Å². The van der Waals surface area contributed by atoms with Crippen LogP contribution in [-0.2, 0) is 5.67 Å². The van der Waals surface area contributed by atoms with E-state index < -0.39 is 106 Å². The van der Waals surface area contributed by atoms with E-state index in [0.29, 0.717) is 6.07 Å². The summed E-state index contributed by atoms with van der Waals surface area (Å²) in [6.45, 7) is -4.03. The maximum atomic E-state index is 15.2. The number of halogens is 13. The van der Waals surface area contributed by atoms with Gasteiger partial charge in [-0.1, -0.05) is 18.2 Å². The van der Waals surface area contributed by atoms with Crippen molar-refractivity contribution in [3.63, 3.8) is 0 Å². The molecule has 20 heteroatoms. The van der Waals surface area contributed by atoms with Gasteiger partial charge in [0.15, 0.2) is 11.6 Å². The molecule has 3 N–H and O–H groups in total. The molecule has 0 bridgehead atoms. The second-order valence-electron chi connectivity index (χ2n) is 8.52. The predicted octanol–water partition coefficient (Wildman–Crippen LogP) is 7.83. The minimum atomic E-state index is -6.74. The second kappa shape index (κ2) is 12.2. The summed E-state index contributed by atoms with van der Waals surface area (Å²) in [6.07, 6.45) is -18.7. The zero-order chi connectivity index (χ0) is 34.1. The van der Waals surface area contributed by atoms with Crippen molar-refractivity contribution in [2.45, 2.75) is 31.0 Å². The molecule has 0 unspecified atom stereocenters. The van der Waals surface area contributed by atoms with Gasteiger partial charge in [0.05, 0.1) is 16.8 Å². The van der Waals surface area contributed by atoms with Gasteiger partial charge in [-0.2, -0.15) is 35.1 Å². The molecule has 0 heterocycles. The van der Waals surface area contributed by atoms with Crippen molar-refractivity contribution < 1.29 is 81.2 Å². The molecule has 0 aromatic heterocycles. The number of ether oxygens (including phenoxy) is 2. The third-order valence-electron chi connectivity index (χ3n) is 5.56. The largest absolute Gasteiger partial charge is 0.573 e. The van der Waals surface area contributed by atoms with Crippen molar-refractivity contribution in [2.24, 2.45) is 0 Å². The standard InChI is InChI=1S/C25H13F13N2O5/c26-17-12(5-3-6-13(17)39-19(42)11-4-1-2-7-15(11)45-25(36,37)38)20(43)40-18-14(41)8-10(9-16(18)44-21(27)28)22(29,23(30,31)32)24(33,34)35/h1-9,21,41H,(H,39,42)(H,40,43). The van der Waals surface area contributed by atoms with Crippen LogP contribution in [0.25, 0.3) is 0 Å². The first-order chi connectivity index (χ1) is 20.6. The Bertz CT molecular complexity index is 1570. The summed E-state index contributed by atoms with van der Waals surface area (Å²) in [5, 5.41) is 13.4. The van der Waals surface area contributed by atoms with E-state index in [-0.39, 0.29) is 0 Å². The van der Waals surface area contributed by atoms with Crippen molar-refractivity contribution in [1.82, 2.24) is 0 Å². The van der Waals surface area contributed by atoms with Gasteiger partial charge >= 0.3 is 31.0 Å². The first kappa shape index (κ1) is 34.6. The van der Waals surface area contributed by atoms with Crippen LogP contribution in [-0.4, -0.2) is 42.2 Å². The van der Waals surface area contributed by atoms with Gasteiger partial charge in [0, 0.05) is 5.56 Å². The zero-order valence-electron chi connectivity index (χ0n) is 21.3. The highest BCUT2D eigenvalue weighted by molar-refractivity contribution is 6.09. The summed E-state index contributed by atoms with van der Waals surface area (Å²) in [7, 11) is 0. The third-order valence-corrected chi connectivity index (χ3v) is 5.56. The quantitative estimate of drug-likeness (QED) is 0.168. The smallest absolute Gasteiger partial charge is 0.506 e. The van der Waals surface area contributed by atoms with E-state index >= 15 is 4.39 Å². The molecule has 7 nitrogen and oxygen atoms in total. The number of amides is 2. The normalized spacial score (nSPS) is 12.6. The molecule has 0 fully saturated rings. The lowest BCUT2D eigenvalue weighted by molar-refractivity contribution is -0.348. The molecule has 3 aromatic rings. The summed E-state index contributed by atoms with van der Waals surface area (Å²) < 4.78 is 180. The number of alkyl halides is 12. The Morgan fingerprint density at radius 3 is 1.84 bits per heavy atom. The van der Waals surface area contributed by atoms with E-state index in [0.717, 1.165) is 36.4 Å². The SMILES string of the molecule is O=C(Nc1cccc(C(=O)Nc2c(O)cc(C(F)(C(F)(F)F)C(F)(F)F)cc2OC(F)F)c1F)c1ccccc1OC(F)(F)F. The number of phenols is 1. The average Bonchev–Trinajstić information content (AvgIpc) is 2.88. The van der Waals surface area contributed by atoms with Gasteiger partial charge < -0.3 is 25.2 Å². The number of aromatic hydroxyl groups is 1. The van der Waals surface area contributed by atoms with Crippen molar-refractivity contribution >= 4 is 23.2 Å². The fraction of sp³-hybridized carbons (Fsp3) is 0.200. The van der Waals surface area contributed by atoms with Crippen LogP contribution in [0.3, 0.4) is 0 Å². The topological polar surface area (TPSA) is 96.9 Å². The molecule has 0 aliphatic heterocycles. The molecule has 0 saturated carbocycles. The van der Waals surface area contributed by atoms with E-state index in [9.17, 15) is 67.4 Å². The minimum absolute atomic E-state index is 0.498. The Morgan fingerprint density at radius 2 is 1.29 bits per heavy atom. The molecular weight excluding hydrogens is 655 g/mol. The monoisotopic (exact) mass is 668 g/mol. The summed E-state index contributed by atoms with van der Waals surface area (Å²) >= 11 is 0. The zero-order valence-corrected chi connectivity index (χ0v) is 21.3. The fourth-order valence-electron chi connectivity index (χ4n) is 3.64. The Kier molecular flexibility index (Phi) is 9.40. The highest BCUT2D eigenvalue weighted by Gasteiger charge is 2.73. The number of carbonyl (C=O) groups excluding carboxylic acids is 2. The van der Waals surface area contributed by atoms with E-state index in [1.54, 1.807) is 0 Å². The van der Waals surface area contributed by atoms with Gasteiger partial charge in [-0.3, -0.25) is 9.59 Å². The van der Waals surface area contributed by atoms with Gasteiger partial charge in [0.2, 0.25) is 0 Å². The van der Waals surface area contributed by atoms with Crippen LogP contribution in [0.1, 0.15) is 26.3 Å². The number of para-hydroxylation sites is 1. The lowest BCUT2D eigenvalue weighted by atomic mass is 9.93.